The van der Waals surface area contributed by atoms with Crippen molar-refractivity contribution in [3.63, 3.8) is 0 Å². The van der Waals surface area contributed by atoms with Crippen molar-refractivity contribution in [3.05, 3.63) is 11.8 Å². The molecular formula is C15H26N6O8. The molecule has 0 aliphatic carbocycles. The van der Waals surface area contributed by atoms with Gasteiger partial charge in [0.15, 0.2) is 6.04 Å². The van der Waals surface area contributed by atoms with E-state index in [-0.39, 0.29) is 12.4 Å². The van der Waals surface area contributed by atoms with Gasteiger partial charge in [0.2, 0.25) is 5.91 Å². The summed E-state index contributed by atoms with van der Waals surface area (Å²) in [6, 6.07) is -5.13. The second-order valence-corrected chi connectivity index (χ2v) is 5.68. The van der Waals surface area contributed by atoms with Gasteiger partial charge >= 0.3 is 12.0 Å². The van der Waals surface area contributed by atoms with E-state index in [4.69, 9.17) is 21.3 Å². The number of hydrogen-bond donors (Lipinski definition) is 7. The van der Waals surface area contributed by atoms with Gasteiger partial charge in [0, 0.05) is 7.11 Å². The monoisotopic (exact) mass is 418 g/mol. The third-order valence-electron chi connectivity index (χ3n) is 3.30. The van der Waals surface area contributed by atoms with E-state index in [0.29, 0.717) is 0 Å². The maximum atomic E-state index is 12.1. The van der Waals surface area contributed by atoms with Crippen LogP contribution < -0.4 is 33.0 Å². The summed E-state index contributed by atoms with van der Waals surface area (Å²) >= 11 is 0. The number of aliphatic carboxylic acids is 1. The highest BCUT2D eigenvalue weighted by Gasteiger charge is 2.26. The molecule has 0 rings (SSSR count). The molecule has 14 nitrogen and oxygen atoms in total. The second-order valence-electron chi connectivity index (χ2n) is 5.68. The number of amides is 5. The molecule has 164 valence electrons. The first kappa shape index (κ1) is 25.6. The van der Waals surface area contributed by atoms with Crippen molar-refractivity contribution < 1.29 is 38.6 Å². The van der Waals surface area contributed by atoms with Crippen molar-refractivity contribution in [1.29, 1.82) is 0 Å². The van der Waals surface area contributed by atoms with Crippen LogP contribution in [-0.4, -0.2) is 73.8 Å². The summed E-state index contributed by atoms with van der Waals surface area (Å²) in [5.74, 6) is -3.88. The van der Waals surface area contributed by atoms with Crippen LogP contribution in [0, 0.1) is 0 Å². The molecule has 0 spiro atoms. The minimum Gasteiger partial charge on any atom is -0.502 e. The van der Waals surface area contributed by atoms with Crippen molar-refractivity contribution in [2.45, 2.75) is 31.5 Å². The van der Waals surface area contributed by atoms with Crippen LogP contribution in [0.5, 0.6) is 0 Å². The number of allylic oxidation sites excluding steroid dienone is 1. The lowest BCUT2D eigenvalue weighted by Gasteiger charge is -2.20. The molecule has 0 aromatic rings. The number of carboxylic acid groups (broad SMARTS) is 1. The first-order valence-electron chi connectivity index (χ1n) is 8.16. The first-order chi connectivity index (χ1) is 13.5. The van der Waals surface area contributed by atoms with Gasteiger partial charge < -0.3 is 36.7 Å². The minimum atomic E-state index is -1.51. The third-order valence-corrected chi connectivity index (χ3v) is 3.30. The molecule has 5 amide bonds. The van der Waals surface area contributed by atoms with E-state index in [0.717, 1.165) is 6.08 Å². The van der Waals surface area contributed by atoms with E-state index in [1.54, 1.807) is 0 Å². The van der Waals surface area contributed by atoms with Crippen molar-refractivity contribution in [1.82, 2.24) is 21.5 Å². The molecule has 0 aliphatic heterocycles. The van der Waals surface area contributed by atoms with Crippen LogP contribution in [0.3, 0.4) is 0 Å². The number of methoxy groups -OCH3 is 2. The smallest absolute Gasteiger partial charge is 0.330 e. The Balaban J connectivity index is 5.02. The highest BCUT2D eigenvalue weighted by molar-refractivity contribution is 5.93. The molecule has 3 unspecified atom stereocenters. The van der Waals surface area contributed by atoms with E-state index >= 15 is 0 Å². The Morgan fingerprint density at radius 3 is 2.14 bits per heavy atom. The summed E-state index contributed by atoms with van der Waals surface area (Å²) < 4.78 is 9.51. The summed E-state index contributed by atoms with van der Waals surface area (Å²) in [7, 11) is 2.63. The standard InChI is InChI=1S/C15H26N6O8/c1-7(29-3)4-10(14(25)26)19-15(27)18-9(5-11(17)22)13(24)21-20-12(23)8(16)6-28-2/h4,8-10H,5-6,16H2,1-3H3,(H2,17,22)(H,20,23)(H,21,24)(H,25,26)(H2,18,19,27). The first-order valence-corrected chi connectivity index (χ1v) is 8.16. The van der Waals surface area contributed by atoms with Crippen molar-refractivity contribution in [2.24, 2.45) is 11.5 Å². The number of carbonyl (C=O) groups is 5. The van der Waals surface area contributed by atoms with Gasteiger partial charge in [-0.05, 0) is 13.0 Å². The highest BCUT2D eigenvalue weighted by Crippen LogP contribution is 1.98. The molecule has 3 atom stereocenters. The Morgan fingerprint density at radius 2 is 1.66 bits per heavy atom. The van der Waals surface area contributed by atoms with E-state index in [1.807, 2.05) is 10.9 Å². The fourth-order valence-corrected chi connectivity index (χ4v) is 1.79. The normalized spacial score (nSPS) is 14.0. The van der Waals surface area contributed by atoms with E-state index in [9.17, 15) is 24.0 Å². The number of hydrogen-bond acceptors (Lipinski definition) is 8. The second kappa shape index (κ2) is 12.9. The largest absolute Gasteiger partial charge is 0.502 e. The summed E-state index contributed by atoms with van der Waals surface area (Å²) in [6.07, 6.45) is 0.492. The fraction of sp³-hybridized carbons (Fsp3) is 0.533. The maximum absolute atomic E-state index is 12.1. The Kier molecular flexibility index (Phi) is 11.4. The van der Waals surface area contributed by atoms with Crippen molar-refractivity contribution in [3.8, 4) is 0 Å². The van der Waals surface area contributed by atoms with E-state index in [1.165, 1.54) is 21.1 Å². The Labute approximate surface area is 166 Å². The highest BCUT2D eigenvalue weighted by atomic mass is 16.5. The van der Waals surface area contributed by atoms with E-state index in [2.05, 4.69) is 15.4 Å². The van der Waals surface area contributed by atoms with Crippen LogP contribution in [0.4, 0.5) is 4.79 Å². The molecule has 0 saturated heterocycles. The molecule has 29 heavy (non-hydrogen) atoms. The molecule has 9 N–H and O–H groups in total. The molecule has 0 saturated carbocycles. The van der Waals surface area contributed by atoms with Crippen LogP contribution in [0.1, 0.15) is 13.3 Å². The summed E-state index contributed by atoms with van der Waals surface area (Å²) in [5, 5.41) is 13.3. The minimum absolute atomic E-state index is 0.113. The number of nitrogens with one attached hydrogen (secondary N) is 4. The lowest BCUT2D eigenvalue weighted by molar-refractivity contribution is -0.138. The van der Waals surface area contributed by atoms with Crippen LogP contribution in [0.2, 0.25) is 0 Å². The summed E-state index contributed by atoms with van der Waals surface area (Å²) in [4.78, 5) is 58.2. The van der Waals surface area contributed by atoms with Crippen molar-refractivity contribution in [2.75, 3.05) is 20.8 Å². The fourth-order valence-electron chi connectivity index (χ4n) is 1.79. The molecule has 0 fully saturated rings. The lowest BCUT2D eigenvalue weighted by Crippen LogP contribution is -2.58. The van der Waals surface area contributed by atoms with Crippen LogP contribution >= 0.6 is 0 Å². The topological polar surface area (TPSA) is 224 Å². The number of rotatable bonds is 11. The number of nitrogens with two attached hydrogens (primary N) is 2. The quantitative estimate of drug-likeness (QED) is 0.131. The lowest BCUT2D eigenvalue weighted by atomic mass is 10.2. The predicted octanol–water partition coefficient (Wildman–Crippen LogP) is -3.35. The Bertz CT molecular complexity index is 653. The summed E-state index contributed by atoms with van der Waals surface area (Å²) in [5.41, 5.74) is 14.5. The number of ether oxygens (including phenoxy) is 2. The zero-order chi connectivity index (χ0) is 22.6. The molecule has 0 aliphatic rings. The van der Waals surface area contributed by atoms with Gasteiger partial charge in [0.25, 0.3) is 11.8 Å². The summed E-state index contributed by atoms with van der Waals surface area (Å²) in [6.45, 7) is 1.36. The third kappa shape index (κ3) is 10.5. The number of carboxylic acids is 1. The number of urea groups is 1. The average Bonchev–Trinajstić information content (AvgIpc) is 2.64. The molecule has 0 aromatic carbocycles. The molecule has 0 aromatic heterocycles. The number of hydrazine groups is 1. The van der Waals surface area contributed by atoms with Gasteiger partial charge in [-0.25, -0.2) is 9.59 Å². The van der Waals surface area contributed by atoms with Crippen molar-refractivity contribution >= 4 is 29.7 Å². The van der Waals surface area contributed by atoms with Gasteiger partial charge in [-0.2, -0.15) is 0 Å². The molecule has 14 heteroatoms. The van der Waals surface area contributed by atoms with Gasteiger partial charge in [0.05, 0.1) is 25.9 Å². The van der Waals surface area contributed by atoms with Crippen LogP contribution in [0.15, 0.2) is 11.8 Å². The number of carbonyl (C=O) groups excluding carboxylic acids is 4. The predicted molar refractivity (Wildman–Crippen MR) is 97.6 cm³/mol. The average molecular weight is 418 g/mol. The zero-order valence-electron chi connectivity index (χ0n) is 16.2. The molecular weight excluding hydrogens is 392 g/mol. The van der Waals surface area contributed by atoms with Gasteiger partial charge in [-0.3, -0.25) is 25.2 Å². The zero-order valence-corrected chi connectivity index (χ0v) is 16.2. The van der Waals surface area contributed by atoms with Crippen LogP contribution in [-0.2, 0) is 28.7 Å². The Morgan fingerprint density at radius 1 is 1.07 bits per heavy atom. The number of primary amides is 1. The van der Waals surface area contributed by atoms with Gasteiger partial charge in [-0.1, -0.05) is 0 Å². The van der Waals surface area contributed by atoms with Gasteiger partial charge in [-0.15, -0.1) is 0 Å². The maximum Gasteiger partial charge on any atom is 0.330 e. The SMILES string of the molecule is COCC(N)C(=O)NNC(=O)C(CC(N)=O)NC(=O)NC(C=C(C)OC)C(=O)O. The molecule has 0 heterocycles. The molecule has 0 bridgehead atoms. The molecule has 0 radical (unpaired) electrons. The van der Waals surface area contributed by atoms with Gasteiger partial charge in [0.1, 0.15) is 12.1 Å². The van der Waals surface area contributed by atoms with Crippen LogP contribution in [0.25, 0.3) is 0 Å². The Hall–Kier alpha value is -3.39. The van der Waals surface area contributed by atoms with E-state index < -0.39 is 54.3 Å².